The van der Waals surface area contributed by atoms with E-state index in [0.29, 0.717) is 0 Å². The Morgan fingerprint density at radius 2 is 0.870 bits per heavy atom. The average Bonchev–Trinajstić information content (AvgIpc) is 2.10. The Morgan fingerprint density at radius 3 is 0.957 bits per heavy atom. The van der Waals surface area contributed by atoms with E-state index in [1.54, 1.807) is 0 Å². The van der Waals surface area contributed by atoms with Crippen molar-refractivity contribution in [2.75, 3.05) is 0 Å². The van der Waals surface area contributed by atoms with Gasteiger partial charge in [-0.05, 0) is 10.1 Å². The third kappa shape index (κ3) is 52.3. The third-order valence-corrected chi connectivity index (χ3v) is 1.69. The van der Waals surface area contributed by atoms with Crippen LogP contribution in [0.1, 0.15) is 1.43 Å². The Bertz CT molecular complexity index is 443. The van der Waals surface area contributed by atoms with Gasteiger partial charge in [0.15, 0.2) is 0 Å². The van der Waals surface area contributed by atoms with Crippen LogP contribution >= 0.6 is 0 Å². The molecule has 0 N–H and O–H groups in total. The van der Waals surface area contributed by atoms with Gasteiger partial charge in [-0.1, -0.05) is 8.67 Å². The topological polar surface area (TPSA) is 232 Å². The smallest absolute Gasteiger partial charge is 1.00 e. The van der Waals surface area contributed by atoms with E-state index in [0.717, 1.165) is 0 Å². The Hall–Kier alpha value is 5.52. The second-order valence-electron chi connectivity index (χ2n) is 1.50. The summed E-state index contributed by atoms with van der Waals surface area (Å²) in [6.45, 7) is 0. The van der Waals surface area contributed by atoms with Crippen molar-refractivity contribution in [3.8, 4) is 0 Å². The minimum absolute atomic E-state index is 0. The van der Waals surface area contributed by atoms with Crippen molar-refractivity contribution in [2.45, 2.75) is 0 Å². The largest absolute Gasteiger partial charge is 1.00 e. The van der Waals surface area contributed by atoms with Crippen LogP contribution in [0.5, 0.6) is 0 Å². The van der Waals surface area contributed by atoms with Crippen molar-refractivity contribution in [1.29, 1.82) is 0 Å². The second-order valence-corrected chi connectivity index (χ2v) is 5.85. The first-order valence-electron chi connectivity index (χ1n) is 2.67. The summed E-state index contributed by atoms with van der Waals surface area (Å²) >= 11 is 0. The molecule has 0 fully saturated rings. The molecule has 0 saturated carbocycles. The summed E-state index contributed by atoms with van der Waals surface area (Å²) < 4.78 is 98.9. The summed E-state index contributed by atoms with van der Waals surface area (Å²) in [6, 6.07) is 0. The molecule has 14 nitrogen and oxygen atoms in total. The summed E-state index contributed by atoms with van der Waals surface area (Å²) in [4.78, 5) is 0. The van der Waals surface area contributed by atoms with E-state index in [2.05, 4.69) is 18.7 Å². The number of hydrogen-bond acceptors (Lipinski definition) is 14. The third-order valence-electron chi connectivity index (χ3n) is 0.361. The van der Waals surface area contributed by atoms with Gasteiger partial charge in [0, 0.05) is 20.2 Å². The van der Waals surface area contributed by atoms with E-state index in [4.69, 9.17) is 17.5 Å². The number of rotatable bonds is 6. The van der Waals surface area contributed by atoms with Gasteiger partial charge in [0.25, 0.3) is 0 Å². The maximum atomic E-state index is 9.49. The van der Waals surface area contributed by atoms with Gasteiger partial charge < -0.3 is 19.6 Å². The van der Waals surface area contributed by atoms with Gasteiger partial charge in [0.2, 0.25) is 20.8 Å². The quantitative estimate of drug-likeness (QED) is 0.0498. The molecular weight excluding hydrogens is 483 g/mol. The van der Waals surface area contributed by atoms with Crippen molar-refractivity contribution < 1.29 is 233 Å². The molecule has 0 bridgehead atoms. The summed E-state index contributed by atoms with van der Waals surface area (Å²) in [5.74, 6) is 0. The van der Waals surface area contributed by atoms with Gasteiger partial charge in [0.1, 0.15) is 0 Å². The molecule has 0 aliphatic rings. The fourth-order valence-corrected chi connectivity index (χ4v) is 0.272. The molecule has 0 rings (SSSR count). The van der Waals surface area contributed by atoms with Crippen LogP contribution in [0.4, 0.5) is 0 Å². The van der Waals surface area contributed by atoms with Crippen LogP contribution in [0.15, 0.2) is 0 Å². The van der Waals surface area contributed by atoms with Crippen molar-refractivity contribution in [3.63, 3.8) is 0 Å². The first kappa shape index (κ1) is 46.6. The maximum absolute atomic E-state index is 9.49. The van der Waals surface area contributed by atoms with E-state index in [1.807, 2.05) is 0 Å². The summed E-state index contributed by atoms with van der Waals surface area (Å²) in [7, 11) is -16.3. The molecule has 0 aromatic rings. The fourth-order valence-electron chi connectivity index (χ4n) is 0.0907. The van der Waals surface area contributed by atoms with Crippen LogP contribution in [0, 0.1) is 0 Å². The van der Waals surface area contributed by atoms with Gasteiger partial charge in [0.05, 0.1) is 0 Å². The van der Waals surface area contributed by atoms with Crippen LogP contribution < -0.4 is 170 Å². The van der Waals surface area contributed by atoms with Gasteiger partial charge in [-0.2, -0.15) is 0 Å². The molecule has 0 aliphatic heterocycles. The normalized spacial score (nSPS) is 12.0. The van der Waals surface area contributed by atoms with Crippen LogP contribution in [0.25, 0.3) is 0 Å². The Labute approximate surface area is 268 Å². The first-order valence-corrected chi connectivity index (χ1v) is 8.00. The molecule has 0 amide bonds. The van der Waals surface area contributed by atoms with Crippen LogP contribution in [-0.4, -0.2) is 43.5 Å². The van der Waals surface area contributed by atoms with Crippen LogP contribution in [0.2, 0.25) is 0 Å². The van der Waals surface area contributed by atoms with Crippen molar-refractivity contribution in [1.82, 2.24) is 0 Å². The summed E-state index contributed by atoms with van der Waals surface area (Å²) in [5.41, 5.74) is 0. The predicted molar refractivity (Wildman–Crippen MR) is 42.7 cm³/mol. The molecule has 23 heavy (non-hydrogen) atoms. The zero-order chi connectivity index (χ0) is 15.0. The SMILES string of the molecule is O=S(=O)([O-])OOOOS(=O)(=O)[O-].O=S([O-])S(=O)[O-].[H-].[K+].[Na+].[Na+].[Na+].[Na+]. The molecule has 2 atom stereocenters. The Balaban J connectivity index is -0.0000000319. The molecule has 2 unspecified atom stereocenters. The number of hydrogen-bond donors (Lipinski definition) is 0. The van der Waals surface area contributed by atoms with Gasteiger partial charge in [-0.15, -0.1) is 0 Å². The minimum atomic E-state index is -5.22. The molecule has 0 aromatic carbocycles. The first-order chi connectivity index (χ1) is 7.85. The van der Waals surface area contributed by atoms with Crippen molar-refractivity contribution in [3.05, 3.63) is 0 Å². The Kier molecular flexibility index (Phi) is 51.8. The zero-order valence-corrected chi connectivity index (χ0v) is 26.7. The van der Waals surface area contributed by atoms with Gasteiger partial charge >= 0.3 is 170 Å². The molecule has 0 radical (unpaired) electrons. The molecule has 0 spiro atoms. The van der Waals surface area contributed by atoms with Crippen LogP contribution in [-0.2, 0) is 59.8 Å². The summed E-state index contributed by atoms with van der Waals surface area (Å²) in [6.07, 6.45) is 0. The van der Waals surface area contributed by atoms with Gasteiger partial charge in [-0.3, -0.25) is 8.42 Å². The van der Waals surface area contributed by atoms with E-state index in [9.17, 15) is 25.9 Å². The molecule has 0 saturated heterocycles. The maximum Gasteiger partial charge on any atom is 1.00 e. The Morgan fingerprint density at radius 1 is 0.696 bits per heavy atom. The predicted octanol–water partition coefficient (Wildman–Crippen LogP) is -18.5. The fraction of sp³-hybridized carbons (Fsp3) is 0. The monoisotopic (exact) mass is 484 g/mol. The van der Waals surface area contributed by atoms with Crippen LogP contribution in [0.3, 0.4) is 0 Å². The molecule has 23 heteroatoms. The average molecular weight is 484 g/mol. The molecule has 0 heterocycles. The molecule has 114 valence electrons. The van der Waals surface area contributed by atoms with E-state index in [1.165, 1.54) is 0 Å². The standard InChI is InChI=1S/K.4Na.H2O10S2.H2O4S2.H/c;;;;;1-11(2,3)9-7-8-10-12(4,5)6;1-5(2)6(3)4;/h;;;;;(H,1,2,3)(H,4,5,6);(H,1,2)(H,3,4);/q5*+1;;;-1/p-4. The van der Waals surface area contributed by atoms with Crippen molar-refractivity contribution in [2.24, 2.45) is 0 Å². The molecular formula is HKNa4O14S4. The summed E-state index contributed by atoms with van der Waals surface area (Å²) in [5, 5.41) is 5.74. The van der Waals surface area contributed by atoms with E-state index < -0.39 is 41.0 Å². The molecule has 0 aromatic heterocycles. The minimum Gasteiger partial charge on any atom is -1.00 e. The van der Waals surface area contributed by atoms with Crippen molar-refractivity contribution >= 4 is 41.0 Å². The van der Waals surface area contributed by atoms with E-state index in [-0.39, 0.29) is 171 Å². The second kappa shape index (κ2) is 25.6. The van der Waals surface area contributed by atoms with Gasteiger partial charge in [-0.25, -0.2) is 16.8 Å². The zero-order valence-electron chi connectivity index (χ0n) is 13.3. The molecule has 0 aliphatic carbocycles. The van der Waals surface area contributed by atoms with E-state index >= 15 is 0 Å².